The molecule has 102 valence electrons. The summed E-state index contributed by atoms with van der Waals surface area (Å²) in [6.45, 7) is 0.935. The molecule has 1 saturated carbocycles. The van der Waals surface area contributed by atoms with Crippen LogP contribution in [-0.4, -0.2) is 52.2 Å². The van der Waals surface area contributed by atoms with Crippen LogP contribution in [0.25, 0.3) is 0 Å². The van der Waals surface area contributed by atoms with Gasteiger partial charge in [-0.25, -0.2) is 4.98 Å². The fraction of sp³-hybridized carbons (Fsp3) is 0.667. The smallest absolute Gasteiger partial charge is 0.310 e. The van der Waals surface area contributed by atoms with Crippen LogP contribution in [-0.2, 0) is 9.53 Å². The summed E-state index contributed by atoms with van der Waals surface area (Å²) in [4.78, 5) is 29.5. The van der Waals surface area contributed by atoms with E-state index in [1.165, 1.54) is 7.11 Å². The van der Waals surface area contributed by atoms with Gasteiger partial charge in [0.15, 0.2) is 0 Å². The van der Waals surface area contributed by atoms with E-state index in [9.17, 15) is 9.59 Å². The van der Waals surface area contributed by atoms with E-state index in [1.54, 1.807) is 4.90 Å². The van der Waals surface area contributed by atoms with Gasteiger partial charge in [-0.3, -0.25) is 14.7 Å². The maximum absolute atomic E-state index is 12.2. The fourth-order valence-corrected chi connectivity index (χ4v) is 2.35. The normalized spacial score (nSPS) is 22.6. The highest BCUT2D eigenvalue weighted by atomic mass is 16.5. The average Bonchev–Trinajstić information content (AvgIpc) is 2.97. The third-order valence-electron chi connectivity index (χ3n) is 3.67. The standard InChI is InChI=1S/C12H16N4O3/c1-19-12(18)8-4-5-16(6-8)11(17)10-13-9(14-15-10)7-2-3-7/h7-8H,2-6H2,1H3,(H,13,14,15). The topological polar surface area (TPSA) is 88.2 Å². The van der Waals surface area contributed by atoms with Crippen molar-refractivity contribution in [1.82, 2.24) is 20.1 Å². The highest BCUT2D eigenvalue weighted by molar-refractivity contribution is 5.91. The summed E-state index contributed by atoms with van der Waals surface area (Å²) < 4.78 is 4.70. The van der Waals surface area contributed by atoms with Gasteiger partial charge in [-0.2, -0.15) is 0 Å². The zero-order valence-electron chi connectivity index (χ0n) is 10.8. The molecule has 1 amide bonds. The van der Waals surface area contributed by atoms with Crippen molar-refractivity contribution >= 4 is 11.9 Å². The van der Waals surface area contributed by atoms with Gasteiger partial charge in [0, 0.05) is 19.0 Å². The minimum Gasteiger partial charge on any atom is -0.469 e. The molecule has 0 bridgehead atoms. The minimum absolute atomic E-state index is 0.201. The molecule has 1 atom stereocenters. The molecular weight excluding hydrogens is 248 g/mol. The van der Waals surface area contributed by atoms with Gasteiger partial charge in [0.2, 0.25) is 5.82 Å². The van der Waals surface area contributed by atoms with Crippen LogP contribution in [0.2, 0.25) is 0 Å². The second-order valence-electron chi connectivity index (χ2n) is 5.08. The van der Waals surface area contributed by atoms with Crippen molar-refractivity contribution in [3.05, 3.63) is 11.6 Å². The highest BCUT2D eigenvalue weighted by Crippen LogP contribution is 2.37. The molecule has 1 aromatic heterocycles. The first kappa shape index (κ1) is 12.1. The van der Waals surface area contributed by atoms with E-state index in [0.29, 0.717) is 25.4 Å². The molecule has 1 aromatic rings. The number of carbonyl (C=O) groups excluding carboxylic acids is 2. The maximum Gasteiger partial charge on any atom is 0.310 e. The van der Waals surface area contributed by atoms with E-state index in [0.717, 1.165) is 18.7 Å². The molecule has 1 unspecified atom stereocenters. The van der Waals surface area contributed by atoms with Gasteiger partial charge in [-0.15, -0.1) is 5.10 Å². The van der Waals surface area contributed by atoms with Crippen LogP contribution >= 0.6 is 0 Å². The van der Waals surface area contributed by atoms with Gasteiger partial charge in [-0.1, -0.05) is 0 Å². The second kappa shape index (κ2) is 4.64. The number of carbonyl (C=O) groups is 2. The zero-order valence-corrected chi connectivity index (χ0v) is 10.8. The number of likely N-dealkylation sites (tertiary alicyclic amines) is 1. The van der Waals surface area contributed by atoms with Crippen molar-refractivity contribution in [2.45, 2.75) is 25.2 Å². The van der Waals surface area contributed by atoms with Crippen molar-refractivity contribution in [1.29, 1.82) is 0 Å². The number of hydrogen-bond acceptors (Lipinski definition) is 5. The van der Waals surface area contributed by atoms with Crippen LogP contribution in [0.1, 0.15) is 41.6 Å². The van der Waals surface area contributed by atoms with Crippen LogP contribution in [0.3, 0.4) is 0 Å². The van der Waals surface area contributed by atoms with E-state index in [4.69, 9.17) is 4.74 Å². The Hall–Kier alpha value is -1.92. The first-order valence-corrected chi connectivity index (χ1v) is 6.48. The quantitative estimate of drug-likeness (QED) is 0.794. The zero-order chi connectivity index (χ0) is 13.4. The summed E-state index contributed by atoms with van der Waals surface area (Å²) in [5.74, 6) is 0.740. The summed E-state index contributed by atoms with van der Waals surface area (Å²) in [6, 6.07) is 0. The van der Waals surface area contributed by atoms with Crippen LogP contribution in [0.15, 0.2) is 0 Å². The maximum atomic E-state index is 12.2. The largest absolute Gasteiger partial charge is 0.469 e. The molecule has 1 aliphatic carbocycles. The van der Waals surface area contributed by atoms with Gasteiger partial charge in [0.05, 0.1) is 13.0 Å². The van der Waals surface area contributed by atoms with Gasteiger partial charge in [-0.05, 0) is 19.3 Å². The summed E-state index contributed by atoms with van der Waals surface area (Å²) in [6.07, 6.45) is 2.85. The fourth-order valence-electron chi connectivity index (χ4n) is 2.35. The number of ether oxygens (including phenoxy) is 1. The minimum atomic E-state index is -0.260. The third-order valence-corrected chi connectivity index (χ3v) is 3.67. The Morgan fingerprint density at radius 2 is 2.16 bits per heavy atom. The van der Waals surface area contributed by atoms with Gasteiger partial charge >= 0.3 is 5.97 Å². The van der Waals surface area contributed by atoms with Crippen molar-refractivity contribution in [2.24, 2.45) is 5.92 Å². The third kappa shape index (κ3) is 2.32. The molecule has 2 aliphatic rings. The van der Waals surface area contributed by atoms with E-state index >= 15 is 0 Å². The summed E-state index contributed by atoms with van der Waals surface area (Å²) in [5, 5.41) is 6.79. The predicted molar refractivity (Wildman–Crippen MR) is 64.4 cm³/mol. The summed E-state index contributed by atoms with van der Waals surface area (Å²) in [5.41, 5.74) is 0. The van der Waals surface area contributed by atoms with Gasteiger partial charge < -0.3 is 9.64 Å². The lowest BCUT2D eigenvalue weighted by Gasteiger charge is -2.13. The Kier molecular flexibility index (Phi) is 2.96. The van der Waals surface area contributed by atoms with Crippen molar-refractivity contribution in [2.75, 3.05) is 20.2 Å². The number of amides is 1. The van der Waals surface area contributed by atoms with E-state index in [2.05, 4.69) is 15.2 Å². The van der Waals surface area contributed by atoms with Crippen molar-refractivity contribution in [3.8, 4) is 0 Å². The number of aromatic amines is 1. The molecule has 3 rings (SSSR count). The number of nitrogens with zero attached hydrogens (tertiary/aromatic N) is 3. The number of rotatable bonds is 3. The highest BCUT2D eigenvalue weighted by Gasteiger charge is 2.34. The number of hydrogen-bond donors (Lipinski definition) is 1. The molecule has 1 saturated heterocycles. The first-order chi connectivity index (χ1) is 9.19. The van der Waals surface area contributed by atoms with Gasteiger partial charge in [0.25, 0.3) is 5.91 Å². The monoisotopic (exact) mass is 264 g/mol. The van der Waals surface area contributed by atoms with Crippen molar-refractivity contribution in [3.63, 3.8) is 0 Å². The van der Waals surface area contributed by atoms with Crippen molar-refractivity contribution < 1.29 is 14.3 Å². The molecule has 1 N–H and O–H groups in total. The molecule has 7 heteroatoms. The van der Waals surface area contributed by atoms with E-state index < -0.39 is 0 Å². The lowest BCUT2D eigenvalue weighted by Crippen LogP contribution is -2.31. The van der Waals surface area contributed by atoms with Crippen LogP contribution in [0, 0.1) is 5.92 Å². The molecule has 7 nitrogen and oxygen atoms in total. The lowest BCUT2D eigenvalue weighted by atomic mass is 10.1. The Bertz CT molecular complexity index is 509. The summed E-state index contributed by atoms with van der Waals surface area (Å²) >= 11 is 0. The average molecular weight is 264 g/mol. The Morgan fingerprint density at radius 1 is 1.37 bits per heavy atom. The number of methoxy groups -OCH3 is 1. The van der Waals surface area contributed by atoms with Crippen LogP contribution < -0.4 is 0 Å². The molecule has 2 heterocycles. The second-order valence-corrected chi connectivity index (χ2v) is 5.08. The molecule has 1 aliphatic heterocycles. The molecule has 0 aromatic carbocycles. The van der Waals surface area contributed by atoms with E-state index in [1.807, 2.05) is 0 Å². The Labute approximate surface area is 110 Å². The molecular formula is C12H16N4O3. The predicted octanol–water partition coefficient (Wildman–Crippen LogP) is 0.317. The summed E-state index contributed by atoms with van der Waals surface area (Å²) in [7, 11) is 1.37. The number of nitrogens with one attached hydrogen (secondary N) is 1. The number of esters is 1. The Balaban J connectivity index is 1.65. The van der Waals surface area contributed by atoms with Gasteiger partial charge in [0.1, 0.15) is 5.82 Å². The van der Waals surface area contributed by atoms with Crippen LogP contribution in [0.5, 0.6) is 0 Å². The number of aromatic nitrogens is 3. The lowest BCUT2D eigenvalue weighted by molar-refractivity contribution is -0.144. The SMILES string of the molecule is COC(=O)C1CCN(C(=O)c2n[nH]c(C3CC3)n2)C1. The molecule has 19 heavy (non-hydrogen) atoms. The first-order valence-electron chi connectivity index (χ1n) is 6.48. The molecule has 0 radical (unpaired) electrons. The Morgan fingerprint density at radius 3 is 2.84 bits per heavy atom. The molecule has 0 spiro atoms. The van der Waals surface area contributed by atoms with Crippen LogP contribution in [0.4, 0.5) is 0 Å². The van der Waals surface area contributed by atoms with E-state index in [-0.39, 0.29) is 23.6 Å². The molecule has 2 fully saturated rings. The number of H-pyrrole nitrogens is 1.